The molecule has 4 heteroatoms. The van der Waals surface area contributed by atoms with Gasteiger partial charge in [0.05, 0.1) is 18.8 Å². The first-order valence-electron chi connectivity index (χ1n) is 13.6. The van der Waals surface area contributed by atoms with Gasteiger partial charge in [-0.15, -0.1) is 0 Å². The number of carbonyl (C=O) groups excluding carboxylic acids is 1. The van der Waals surface area contributed by atoms with Crippen LogP contribution in [0.15, 0.2) is 42.2 Å². The largest absolute Gasteiger partial charge is 0.428 e. The molecule has 1 aromatic carbocycles. The zero-order valence-corrected chi connectivity index (χ0v) is 21.1. The van der Waals surface area contributed by atoms with Gasteiger partial charge < -0.3 is 14.2 Å². The Hall–Kier alpha value is -1.65. The van der Waals surface area contributed by atoms with E-state index in [1.807, 2.05) is 30.3 Å². The van der Waals surface area contributed by atoms with Crippen molar-refractivity contribution < 1.29 is 19.0 Å². The van der Waals surface area contributed by atoms with Crippen LogP contribution in [0.3, 0.4) is 0 Å². The maximum Gasteiger partial charge on any atom is 0.343 e. The second-order valence-electron chi connectivity index (χ2n) is 12.3. The Bertz CT molecular complexity index is 963. The van der Waals surface area contributed by atoms with Gasteiger partial charge in [-0.1, -0.05) is 32.0 Å². The Balaban J connectivity index is 1.19. The molecule has 5 aliphatic rings. The zero-order valence-electron chi connectivity index (χ0n) is 21.1. The molecular formula is C30H40O4. The fraction of sp³-hybridized carbons (Fsp3) is 0.700. The van der Waals surface area contributed by atoms with E-state index in [9.17, 15) is 4.79 Å². The molecule has 1 saturated heterocycles. The number of hydrogen-bond donors (Lipinski definition) is 0. The Morgan fingerprint density at radius 2 is 1.62 bits per heavy atom. The number of allylic oxidation sites excluding steroid dienone is 2. The highest BCUT2D eigenvalue weighted by molar-refractivity contribution is 5.90. The molecule has 1 heterocycles. The van der Waals surface area contributed by atoms with E-state index in [0.717, 1.165) is 49.6 Å². The highest BCUT2D eigenvalue weighted by atomic mass is 16.7. The van der Waals surface area contributed by atoms with Gasteiger partial charge in [0.25, 0.3) is 0 Å². The van der Waals surface area contributed by atoms with E-state index in [0.29, 0.717) is 28.2 Å². The topological polar surface area (TPSA) is 44.8 Å². The molecule has 0 aromatic heterocycles. The van der Waals surface area contributed by atoms with E-state index >= 15 is 0 Å². The van der Waals surface area contributed by atoms with Crippen LogP contribution in [0.2, 0.25) is 0 Å². The van der Waals surface area contributed by atoms with E-state index in [4.69, 9.17) is 14.2 Å². The molecule has 0 radical (unpaired) electrons. The van der Waals surface area contributed by atoms with Gasteiger partial charge >= 0.3 is 5.97 Å². The lowest BCUT2D eigenvalue weighted by molar-refractivity contribution is -0.217. The smallest absolute Gasteiger partial charge is 0.343 e. The quantitative estimate of drug-likeness (QED) is 0.464. The molecule has 4 aliphatic carbocycles. The van der Waals surface area contributed by atoms with Crippen LogP contribution in [0, 0.1) is 40.4 Å². The molecule has 0 N–H and O–H groups in total. The van der Waals surface area contributed by atoms with Crippen LogP contribution in [0.5, 0.6) is 0 Å². The fourth-order valence-electron chi connectivity index (χ4n) is 9.26. The zero-order chi connectivity index (χ0) is 23.6. The summed E-state index contributed by atoms with van der Waals surface area (Å²) in [6, 6.07) is 9.37. The first-order valence-corrected chi connectivity index (χ1v) is 13.6. The van der Waals surface area contributed by atoms with Gasteiger partial charge in [0.15, 0.2) is 5.79 Å². The molecule has 0 amide bonds. The summed E-state index contributed by atoms with van der Waals surface area (Å²) < 4.78 is 18.2. The molecule has 1 aliphatic heterocycles. The minimum Gasteiger partial charge on any atom is -0.428 e. The SMILES string of the molecule is CC1([C@H]2CCC3C4CC[C@H]5C=C(OC(=O)c6ccccc6)CCC5(C)C4CCC32C)OCCO1. The van der Waals surface area contributed by atoms with Crippen molar-refractivity contribution in [3.05, 3.63) is 47.7 Å². The number of rotatable bonds is 3. The Morgan fingerprint density at radius 1 is 0.882 bits per heavy atom. The van der Waals surface area contributed by atoms with E-state index in [-0.39, 0.29) is 11.8 Å². The summed E-state index contributed by atoms with van der Waals surface area (Å²) in [5, 5.41) is 0. The van der Waals surface area contributed by atoms with Crippen molar-refractivity contribution in [1.29, 1.82) is 0 Å². The van der Waals surface area contributed by atoms with Gasteiger partial charge in [-0.2, -0.15) is 0 Å². The van der Waals surface area contributed by atoms with Crippen molar-refractivity contribution in [1.82, 2.24) is 0 Å². The van der Waals surface area contributed by atoms with Gasteiger partial charge in [-0.05, 0) is 105 Å². The highest BCUT2D eigenvalue weighted by Crippen LogP contribution is 2.68. The molecule has 0 bridgehead atoms. The number of benzene rings is 1. The molecular weight excluding hydrogens is 424 g/mol. The summed E-state index contributed by atoms with van der Waals surface area (Å²) >= 11 is 0. The Labute approximate surface area is 204 Å². The number of hydrogen-bond acceptors (Lipinski definition) is 4. The third kappa shape index (κ3) is 3.43. The van der Waals surface area contributed by atoms with Crippen molar-refractivity contribution in [2.75, 3.05) is 13.2 Å². The van der Waals surface area contributed by atoms with E-state index in [1.165, 1.54) is 38.5 Å². The predicted molar refractivity (Wildman–Crippen MR) is 131 cm³/mol. The standard InChI is InChI=1S/C30H40O4/c1-28-15-13-22(34-27(31)20-7-5-4-6-8-20)19-21(28)9-10-23-24-11-12-26(30(3)32-17-18-33-30)29(24,2)16-14-25(23)28/h4-8,19,21,23-26H,9-18H2,1-3H3/t21-,23?,24?,25?,26-,28?,29?/m0/s1. The van der Waals surface area contributed by atoms with Crippen molar-refractivity contribution in [3.63, 3.8) is 0 Å². The lowest BCUT2D eigenvalue weighted by atomic mass is 9.45. The number of carbonyl (C=O) groups is 1. The third-order valence-corrected chi connectivity index (χ3v) is 11.0. The van der Waals surface area contributed by atoms with Crippen molar-refractivity contribution in [3.8, 4) is 0 Å². The van der Waals surface area contributed by atoms with Crippen molar-refractivity contribution >= 4 is 5.97 Å². The van der Waals surface area contributed by atoms with Crippen LogP contribution in [-0.4, -0.2) is 25.0 Å². The molecule has 4 nitrogen and oxygen atoms in total. The van der Waals surface area contributed by atoms with Crippen LogP contribution in [0.4, 0.5) is 0 Å². The monoisotopic (exact) mass is 464 g/mol. The average Bonchev–Trinajstić information content (AvgIpc) is 3.43. The summed E-state index contributed by atoms with van der Waals surface area (Å²) in [7, 11) is 0. The van der Waals surface area contributed by atoms with Gasteiger partial charge in [0.2, 0.25) is 0 Å². The second-order valence-corrected chi connectivity index (χ2v) is 12.3. The van der Waals surface area contributed by atoms with Crippen LogP contribution in [0.1, 0.15) is 82.5 Å². The maximum absolute atomic E-state index is 12.6. The van der Waals surface area contributed by atoms with Crippen LogP contribution < -0.4 is 0 Å². The molecule has 0 spiro atoms. The highest BCUT2D eigenvalue weighted by Gasteiger charge is 2.63. The number of fused-ring (bicyclic) bond motifs is 5. The minimum atomic E-state index is -0.386. The van der Waals surface area contributed by atoms with Crippen LogP contribution in [0.25, 0.3) is 0 Å². The average molecular weight is 465 g/mol. The lowest BCUT2D eigenvalue weighted by Gasteiger charge is -2.60. The van der Waals surface area contributed by atoms with Gasteiger partial charge in [0.1, 0.15) is 5.76 Å². The van der Waals surface area contributed by atoms with Gasteiger partial charge in [0, 0.05) is 12.3 Å². The summed E-state index contributed by atoms with van der Waals surface area (Å²) in [5.41, 5.74) is 1.27. The van der Waals surface area contributed by atoms with Crippen molar-refractivity contribution in [2.24, 2.45) is 40.4 Å². The van der Waals surface area contributed by atoms with Crippen LogP contribution in [-0.2, 0) is 14.2 Å². The van der Waals surface area contributed by atoms with E-state index in [1.54, 1.807) is 0 Å². The first kappa shape index (κ1) is 22.8. The number of esters is 1. The van der Waals surface area contributed by atoms with Crippen molar-refractivity contribution in [2.45, 2.75) is 77.9 Å². The molecule has 6 rings (SSSR count). The molecule has 1 aromatic rings. The summed E-state index contributed by atoms with van der Waals surface area (Å²) in [6.07, 6.45) is 12.0. The Kier molecular flexibility index (Phi) is 5.50. The summed E-state index contributed by atoms with van der Waals surface area (Å²) in [6.45, 7) is 8.78. The van der Waals surface area contributed by atoms with Gasteiger partial charge in [-0.25, -0.2) is 4.79 Å². The molecule has 34 heavy (non-hydrogen) atoms. The molecule has 3 saturated carbocycles. The lowest BCUT2D eigenvalue weighted by Crippen LogP contribution is -2.54. The Morgan fingerprint density at radius 3 is 2.38 bits per heavy atom. The third-order valence-electron chi connectivity index (χ3n) is 11.0. The van der Waals surface area contributed by atoms with E-state index < -0.39 is 0 Å². The fourth-order valence-corrected chi connectivity index (χ4v) is 9.26. The molecule has 7 atom stereocenters. The number of ether oxygens (including phenoxy) is 3. The van der Waals surface area contributed by atoms with Crippen LogP contribution >= 0.6 is 0 Å². The maximum atomic E-state index is 12.6. The molecule has 5 unspecified atom stereocenters. The predicted octanol–water partition coefficient (Wildman–Crippen LogP) is 6.76. The minimum absolute atomic E-state index is 0.223. The normalized spacial score (nSPS) is 42.8. The molecule has 4 fully saturated rings. The van der Waals surface area contributed by atoms with E-state index in [2.05, 4.69) is 26.8 Å². The first-order chi connectivity index (χ1) is 16.3. The molecule has 184 valence electrons. The van der Waals surface area contributed by atoms with Gasteiger partial charge in [-0.3, -0.25) is 0 Å². The summed E-state index contributed by atoms with van der Waals surface area (Å²) in [5.74, 6) is 3.65. The second kappa shape index (κ2) is 8.20. The summed E-state index contributed by atoms with van der Waals surface area (Å²) in [4.78, 5) is 12.6.